The summed E-state index contributed by atoms with van der Waals surface area (Å²) in [6, 6.07) is 51.2. The van der Waals surface area contributed by atoms with Crippen molar-refractivity contribution < 1.29 is 8.83 Å². The van der Waals surface area contributed by atoms with Crippen molar-refractivity contribution in [3.05, 3.63) is 152 Å². The lowest BCUT2D eigenvalue weighted by Crippen LogP contribution is -2.06. The van der Waals surface area contributed by atoms with E-state index in [2.05, 4.69) is 59.2 Å². The lowest BCUT2D eigenvalue weighted by molar-refractivity contribution is 0.621. The van der Waals surface area contributed by atoms with Crippen molar-refractivity contribution in [1.82, 2.24) is 24.5 Å². The first kappa shape index (κ1) is 27.8. The topological polar surface area (TPSA) is 82.8 Å². The fourth-order valence-electron chi connectivity index (χ4n) is 7.30. The van der Waals surface area contributed by atoms with Crippen molar-refractivity contribution in [2.45, 2.75) is 0 Å². The molecule has 0 aliphatic rings. The van der Waals surface area contributed by atoms with Gasteiger partial charge < -0.3 is 8.83 Å². The Labute approximate surface area is 290 Å². The summed E-state index contributed by atoms with van der Waals surface area (Å²) in [6.07, 6.45) is 0. The van der Waals surface area contributed by atoms with Crippen LogP contribution in [0.1, 0.15) is 0 Å². The third kappa shape index (κ3) is 4.25. The summed E-state index contributed by atoms with van der Waals surface area (Å²) in [7, 11) is 0. The molecule has 7 nitrogen and oxygen atoms in total. The minimum atomic E-state index is 0.465. The largest absolute Gasteiger partial charge is 0.455 e. The molecule has 7 heteroatoms. The first-order valence-electron chi connectivity index (χ1n) is 16.8. The maximum Gasteiger partial charge on any atom is 0.238 e. The number of nitrogens with zero attached hydrogens (tertiary/aromatic N) is 5. The van der Waals surface area contributed by atoms with Crippen molar-refractivity contribution >= 4 is 65.6 Å². The van der Waals surface area contributed by atoms with Crippen LogP contribution in [0.2, 0.25) is 0 Å². The lowest BCUT2D eigenvalue weighted by Gasteiger charge is -2.11. The minimum absolute atomic E-state index is 0.465. The Morgan fingerprint density at radius 1 is 0.451 bits per heavy atom. The number of oxazole rings is 1. The predicted octanol–water partition coefficient (Wildman–Crippen LogP) is 11.2. The van der Waals surface area contributed by atoms with Crippen LogP contribution in [0.5, 0.6) is 0 Å². The zero-order valence-electron chi connectivity index (χ0n) is 27.0. The molecule has 11 aromatic rings. The number of para-hydroxylation sites is 2. The summed E-state index contributed by atoms with van der Waals surface area (Å²) in [4.78, 5) is 20.5. The summed E-state index contributed by atoms with van der Waals surface area (Å²) < 4.78 is 15.2. The molecular weight excluding hydrogens is 631 g/mol. The summed E-state index contributed by atoms with van der Waals surface area (Å²) in [5.41, 5.74) is 7.31. The van der Waals surface area contributed by atoms with Crippen molar-refractivity contribution in [2.75, 3.05) is 0 Å². The van der Waals surface area contributed by atoms with E-state index < -0.39 is 0 Å². The smallest absolute Gasteiger partial charge is 0.238 e. The number of rotatable bonds is 4. The van der Waals surface area contributed by atoms with Crippen molar-refractivity contribution in [3.63, 3.8) is 0 Å². The Kier molecular flexibility index (Phi) is 5.83. The maximum absolute atomic E-state index is 6.66. The van der Waals surface area contributed by atoms with Gasteiger partial charge in [-0.25, -0.2) is 9.97 Å². The maximum atomic E-state index is 6.66. The molecule has 0 unspecified atom stereocenters. The molecule has 0 amide bonds. The molecule has 0 radical (unpaired) electrons. The van der Waals surface area contributed by atoms with Gasteiger partial charge >= 0.3 is 0 Å². The quantitative estimate of drug-likeness (QED) is 0.188. The zero-order valence-corrected chi connectivity index (χ0v) is 27.0. The van der Waals surface area contributed by atoms with Crippen LogP contribution < -0.4 is 0 Å². The van der Waals surface area contributed by atoms with Gasteiger partial charge in [-0.1, -0.05) is 103 Å². The van der Waals surface area contributed by atoms with Crippen LogP contribution in [-0.2, 0) is 0 Å². The Balaban J connectivity index is 1.27. The molecule has 11 rings (SSSR count). The van der Waals surface area contributed by atoms with E-state index in [0.29, 0.717) is 29.1 Å². The van der Waals surface area contributed by atoms with E-state index in [1.807, 2.05) is 97.1 Å². The molecule has 238 valence electrons. The average Bonchev–Trinajstić information content (AvgIpc) is 3.89. The second kappa shape index (κ2) is 10.7. The van der Waals surface area contributed by atoms with E-state index in [4.69, 9.17) is 28.8 Å². The first-order valence-corrected chi connectivity index (χ1v) is 16.8. The Morgan fingerprint density at radius 2 is 1.16 bits per heavy atom. The van der Waals surface area contributed by atoms with E-state index in [1.54, 1.807) is 0 Å². The molecule has 0 N–H and O–H groups in total. The van der Waals surface area contributed by atoms with Crippen LogP contribution >= 0.6 is 0 Å². The van der Waals surface area contributed by atoms with Gasteiger partial charge in [0, 0.05) is 32.7 Å². The van der Waals surface area contributed by atoms with Crippen molar-refractivity contribution in [3.8, 4) is 40.2 Å². The third-order valence-corrected chi connectivity index (χ3v) is 9.67. The molecule has 7 aromatic carbocycles. The van der Waals surface area contributed by atoms with Gasteiger partial charge in [0.15, 0.2) is 17.2 Å². The highest BCUT2D eigenvalue weighted by Crippen LogP contribution is 2.40. The molecule has 0 aliphatic carbocycles. The molecule has 4 aromatic heterocycles. The predicted molar refractivity (Wildman–Crippen MR) is 203 cm³/mol. The monoisotopic (exact) mass is 655 g/mol. The molecule has 4 heterocycles. The molecule has 0 aliphatic heterocycles. The molecule has 0 atom stereocenters. The molecular formula is C44H25N5O2. The van der Waals surface area contributed by atoms with Crippen LogP contribution in [0.15, 0.2) is 160 Å². The Bertz CT molecular complexity index is 3140. The zero-order chi connectivity index (χ0) is 33.5. The summed E-state index contributed by atoms with van der Waals surface area (Å²) in [5, 5.41) is 6.38. The van der Waals surface area contributed by atoms with E-state index in [1.165, 1.54) is 0 Å². The fourth-order valence-corrected chi connectivity index (χ4v) is 7.30. The van der Waals surface area contributed by atoms with Crippen LogP contribution in [0, 0.1) is 0 Å². The van der Waals surface area contributed by atoms with Gasteiger partial charge in [0.05, 0.1) is 11.1 Å². The molecule has 0 saturated carbocycles. The second-order valence-corrected chi connectivity index (χ2v) is 12.7. The average molecular weight is 656 g/mol. The number of benzene rings is 7. The summed E-state index contributed by atoms with van der Waals surface area (Å²) >= 11 is 0. The number of aromatic nitrogens is 5. The lowest BCUT2D eigenvalue weighted by atomic mass is 10.1. The van der Waals surface area contributed by atoms with Crippen molar-refractivity contribution in [1.29, 1.82) is 0 Å². The van der Waals surface area contributed by atoms with E-state index >= 15 is 0 Å². The number of hydrogen-bond acceptors (Lipinski definition) is 6. The van der Waals surface area contributed by atoms with Gasteiger partial charge in [0.25, 0.3) is 0 Å². The van der Waals surface area contributed by atoms with Crippen LogP contribution in [0.3, 0.4) is 0 Å². The van der Waals surface area contributed by atoms with Gasteiger partial charge in [-0.2, -0.15) is 9.97 Å². The van der Waals surface area contributed by atoms with Gasteiger partial charge in [-0.05, 0) is 59.3 Å². The van der Waals surface area contributed by atoms with Gasteiger partial charge in [-0.3, -0.25) is 4.57 Å². The van der Waals surface area contributed by atoms with Crippen LogP contribution in [0.25, 0.3) is 106 Å². The highest BCUT2D eigenvalue weighted by molar-refractivity contribution is 6.19. The number of fused-ring (bicyclic) bond motifs is 9. The summed E-state index contributed by atoms with van der Waals surface area (Å²) in [5.74, 6) is 2.08. The van der Waals surface area contributed by atoms with Crippen LogP contribution in [-0.4, -0.2) is 24.5 Å². The molecule has 0 saturated heterocycles. The Morgan fingerprint density at radius 3 is 2.00 bits per heavy atom. The molecule has 0 bridgehead atoms. The SMILES string of the molecule is c1ccc(-c2nc(-c3cccc4c3oc3ccccc34)nc(-n3c4cc5ccccc5cc4c4ccc5nc(-c6ccccc6)oc5c43)n2)cc1. The normalized spacial score (nSPS) is 11.9. The standard InChI is InChI=1S/C44H25N5O2/c1-3-12-26(13-4-1)41-46-42(33-20-11-19-32-30-18-9-10-21-37(30)50-39(32)33)48-44(47-41)49-36-25-29-17-8-7-16-28(29)24-34(36)31-22-23-35-40(38(31)49)51-43(45-35)27-14-5-2-6-15-27/h1-25H. The van der Waals surface area contributed by atoms with Crippen LogP contribution in [0.4, 0.5) is 0 Å². The first-order chi connectivity index (χ1) is 25.3. The fraction of sp³-hybridized carbons (Fsp3) is 0. The third-order valence-electron chi connectivity index (χ3n) is 9.67. The van der Waals surface area contributed by atoms with Gasteiger partial charge in [-0.15, -0.1) is 0 Å². The van der Waals surface area contributed by atoms with E-state index in [-0.39, 0.29) is 0 Å². The molecule has 0 spiro atoms. The van der Waals surface area contributed by atoms with E-state index in [0.717, 1.165) is 76.7 Å². The molecule has 0 fully saturated rings. The molecule has 51 heavy (non-hydrogen) atoms. The van der Waals surface area contributed by atoms with Gasteiger partial charge in [0.2, 0.25) is 11.8 Å². The summed E-state index contributed by atoms with van der Waals surface area (Å²) in [6.45, 7) is 0. The number of hydrogen-bond donors (Lipinski definition) is 0. The second-order valence-electron chi connectivity index (χ2n) is 12.7. The Hall–Kier alpha value is -7.12. The minimum Gasteiger partial charge on any atom is -0.455 e. The highest BCUT2D eigenvalue weighted by atomic mass is 16.3. The van der Waals surface area contributed by atoms with E-state index in [9.17, 15) is 0 Å². The van der Waals surface area contributed by atoms with Crippen molar-refractivity contribution in [2.24, 2.45) is 0 Å². The number of furan rings is 1. The highest BCUT2D eigenvalue weighted by Gasteiger charge is 2.24. The van der Waals surface area contributed by atoms with Gasteiger partial charge in [0.1, 0.15) is 22.2 Å².